The zero-order valence-corrected chi connectivity index (χ0v) is 16.2. The molecule has 0 radical (unpaired) electrons. The molecule has 0 aromatic rings. The second-order valence-electron chi connectivity index (χ2n) is 8.41. The summed E-state index contributed by atoms with van der Waals surface area (Å²) in [5.74, 6) is 2.53. The first-order valence-electron chi connectivity index (χ1n) is 8.96. The Morgan fingerprint density at radius 1 is 1.09 bits per heavy atom. The number of allylic oxidation sites excluding steroid dienone is 4. The standard InChI is InChI=1S/C20H25IO2/c1-19-8-7-17-15(16(19)5-6-18(19)23)4-3-12-9-14(22)10-13(11-21)20(12,17)2/h9-10,15-17H,3-8,11H2,1-2H3/t15-,16-,17-,19-,20+/m0/s1. The van der Waals surface area contributed by atoms with E-state index in [2.05, 4.69) is 36.4 Å². The lowest BCUT2D eigenvalue weighted by molar-refractivity contribution is -0.131. The number of ketones is 2. The van der Waals surface area contributed by atoms with E-state index in [0.29, 0.717) is 23.5 Å². The van der Waals surface area contributed by atoms with Gasteiger partial charge in [0.15, 0.2) is 5.78 Å². The van der Waals surface area contributed by atoms with Gasteiger partial charge in [0, 0.05) is 21.7 Å². The van der Waals surface area contributed by atoms with E-state index in [-0.39, 0.29) is 16.6 Å². The Balaban J connectivity index is 1.76. The summed E-state index contributed by atoms with van der Waals surface area (Å²) in [4.78, 5) is 24.5. The van der Waals surface area contributed by atoms with Gasteiger partial charge in [-0.2, -0.15) is 0 Å². The van der Waals surface area contributed by atoms with Crippen molar-refractivity contribution in [1.29, 1.82) is 0 Å². The highest BCUT2D eigenvalue weighted by molar-refractivity contribution is 14.1. The molecule has 0 spiro atoms. The normalized spacial score (nSPS) is 45.8. The Kier molecular flexibility index (Phi) is 3.68. The van der Waals surface area contributed by atoms with Gasteiger partial charge in [0.2, 0.25) is 0 Å². The zero-order chi connectivity index (χ0) is 16.4. The Morgan fingerprint density at radius 2 is 1.87 bits per heavy atom. The van der Waals surface area contributed by atoms with Crippen LogP contribution in [0.1, 0.15) is 52.4 Å². The first-order valence-corrected chi connectivity index (χ1v) is 10.5. The fraction of sp³-hybridized carbons (Fsp3) is 0.700. The Morgan fingerprint density at radius 3 is 2.61 bits per heavy atom. The van der Waals surface area contributed by atoms with Crippen LogP contribution >= 0.6 is 22.6 Å². The zero-order valence-electron chi connectivity index (χ0n) is 14.0. The van der Waals surface area contributed by atoms with Crippen molar-refractivity contribution in [3.8, 4) is 0 Å². The molecule has 4 aliphatic carbocycles. The third-order valence-corrected chi connectivity index (χ3v) is 8.57. The van der Waals surface area contributed by atoms with E-state index >= 15 is 0 Å². The molecule has 0 saturated heterocycles. The van der Waals surface area contributed by atoms with Crippen LogP contribution in [0, 0.1) is 28.6 Å². The number of carbonyl (C=O) groups is 2. The molecule has 0 N–H and O–H groups in total. The van der Waals surface area contributed by atoms with Crippen LogP contribution < -0.4 is 0 Å². The number of halogens is 1. The van der Waals surface area contributed by atoms with Crippen molar-refractivity contribution in [3.63, 3.8) is 0 Å². The topological polar surface area (TPSA) is 34.1 Å². The number of carbonyl (C=O) groups excluding carboxylic acids is 2. The number of fused-ring (bicyclic) bond motifs is 5. The lowest BCUT2D eigenvalue weighted by Gasteiger charge is -2.57. The third kappa shape index (κ3) is 2.04. The maximum atomic E-state index is 12.5. The van der Waals surface area contributed by atoms with Crippen molar-refractivity contribution < 1.29 is 9.59 Å². The molecule has 0 aromatic heterocycles. The quantitative estimate of drug-likeness (QED) is 0.453. The van der Waals surface area contributed by atoms with Gasteiger partial charge in [0.25, 0.3) is 0 Å². The summed E-state index contributed by atoms with van der Waals surface area (Å²) in [6.07, 6.45) is 10.1. The van der Waals surface area contributed by atoms with Crippen LogP contribution in [0.2, 0.25) is 0 Å². The summed E-state index contributed by atoms with van der Waals surface area (Å²) in [6.45, 7) is 4.61. The fourth-order valence-corrected chi connectivity index (χ4v) is 7.39. The molecule has 2 nitrogen and oxygen atoms in total. The molecule has 3 heteroatoms. The average Bonchev–Trinajstić information content (AvgIpc) is 2.83. The second kappa shape index (κ2) is 5.27. The molecule has 0 aromatic carbocycles. The molecule has 23 heavy (non-hydrogen) atoms. The molecule has 0 bridgehead atoms. The smallest absolute Gasteiger partial charge is 0.178 e. The van der Waals surface area contributed by atoms with Gasteiger partial charge in [0.1, 0.15) is 5.78 Å². The van der Waals surface area contributed by atoms with Crippen LogP contribution in [0.3, 0.4) is 0 Å². The van der Waals surface area contributed by atoms with E-state index in [1.54, 1.807) is 0 Å². The predicted octanol–water partition coefficient (Wildman–Crippen LogP) is 4.67. The summed E-state index contributed by atoms with van der Waals surface area (Å²) in [5.41, 5.74) is 2.69. The monoisotopic (exact) mass is 424 g/mol. The van der Waals surface area contributed by atoms with Gasteiger partial charge in [-0.1, -0.05) is 42.0 Å². The first kappa shape index (κ1) is 16.0. The molecule has 4 rings (SSSR count). The van der Waals surface area contributed by atoms with E-state index in [4.69, 9.17) is 0 Å². The van der Waals surface area contributed by atoms with Gasteiger partial charge in [-0.25, -0.2) is 0 Å². The van der Waals surface area contributed by atoms with Crippen LogP contribution in [-0.2, 0) is 9.59 Å². The number of Topliss-reactive ketones (excluding diaryl/α,β-unsaturated/α-hetero) is 1. The Bertz CT molecular complexity index is 628. The lowest BCUT2D eigenvalue weighted by Crippen LogP contribution is -2.51. The Hall–Kier alpha value is -0.450. The van der Waals surface area contributed by atoms with Gasteiger partial charge in [-0.3, -0.25) is 9.59 Å². The molecule has 4 aliphatic rings. The van der Waals surface area contributed by atoms with Gasteiger partial charge in [0.05, 0.1) is 0 Å². The highest BCUT2D eigenvalue weighted by atomic mass is 127. The van der Waals surface area contributed by atoms with Gasteiger partial charge in [-0.05, 0) is 67.6 Å². The molecule has 0 unspecified atom stereocenters. The van der Waals surface area contributed by atoms with Crippen molar-refractivity contribution >= 4 is 34.2 Å². The van der Waals surface area contributed by atoms with Crippen LogP contribution in [0.15, 0.2) is 23.3 Å². The summed E-state index contributed by atoms with van der Waals surface area (Å²) >= 11 is 2.41. The minimum Gasteiger partial charge on any atom is -0.299 e. The SMILES string of the molecule is C[C@]12C(CI)=CC(=O)C=C1CC[C@@H]1[C@@H]2CC[C@]2(C)C(=O)CC[C@@H]12. The van der Waals surface area contributed by atoms with Crippen molar-refractivity contribution in [2.45, 2.75) is 52.4 Å². The predicted molar refractivity (Wildman–Crippen MR) is 99.5 cm³/mol. The highest BCUT2D eigenvalue weighted by Crippen LogP contribution is 2.65. The molecule has 0 heterocycles. The number of alkyl halides is 1. The lowest BCUT2D eigenvalue weighted by atomic mass is 9.47. The molecule has 124 valence electrons. The fourth-order valence-electron chi connectivity index (χ4n) is 6.38. The highest BCUT2D eigenvalue weighted by Gasteiger charge is 2.59. The molecule has 5 atom stereocenters. The van der Waals surface area contributed by atoms with Crippen LogP contribution in [0.5, 0.6) is 0 Å². The van der Waals surface area contributed by atoms with Gasteiger partial charge >= 0.3 is 0 Å². The van der Waals surface area contributed by atoms with Gasteiger partial charge < -0.3 is 0 Å². The second-order valence-corrected chi connectivity index (χ2v) is 9.17. The number of hydrogen-bond donors (Lipinski definition) is 0. The minimum absolute atomic E-state index is 0.0581. The summed E-state index contributed by atoms with van der Waals surface area (Å²) in [5, 5.41) is 0. The summed E-state index contributed by atoms with van der Waals surface area (Å²) in [7, 11) is 0. The molecule has 3 saturated carbocycles. The van der Waals surface area contributed by atoms with E-state index in [1.165, 1.54) is 17.6 Å². The van der Waals surface area contributed by atoms with Crippen molar-refractivity contribution in [2.75, 3.05) is 4.43 Å². The van der Waals surface area contributed by atoms with E-state index in [1.807, 2.05) is 12.2 Å². The average molecular weight is 424 g/mol. The number of rotatable bonds is 1. The maximum absolute atomic E-state index is 12.5. The van der Waals surface area contributed by atoms with E-state index in [9.17, 15) is 9.59 Å². The van der Waals surface area contributed by atoms with E-state index in [0.717, 1.165) is 36.5 Å². The maximum Gasteiger partial charge on any atom is 0.178 e. The first-order chi connectivity index (χ1) is 10.9. The minimum atomic E-state index is -0.0581. The van der Waals surface area contributed by atoms with E-state index < -0.39 is 0 Å². The number of hydrogen-bond acceptors (Lipinski definition) is 2. The van der Waals surface area contributed by atoms with Crippen LogP contribution in [-0.4, -0.2) is 16.0 Å². The third-order valence-electron chi connectivity index (χ3n) is 7.75. The largest absolute Gasteiger partial charge is 0.299 e. The molecular weight excluding hydrogens is 399 g/mol. The van der Waals surface area contributed by atoms with Crippen LogP contribution in [0.4, 0.5) is 0 Å². The molecule has 3 fully saturated rings. The summed E-state index contributed by atoms with van der Waals surface area (Å²) < 4.78 is 0.932. The summed E-state index contributed by atoms with van der Waals surface area (Å²) in [6, 6.07) is 0. The van der Waals surface area contributed by atoms with Crippen molar-refractivity contribution in [1.82, 2.24) is 0 Å². The Labute approximate surface area is 152 Å². The van der Waals surface area contributed by atoms with Crippen LogP contribution in [0.25, 0.3) is 0 Å². The molecule has 0 amide bonds. The van der Waals surface area contributed by atoms with Gasteiger partial charge in [-0.15, -0.1) is 0 Å². The van der Waals surface area contributed by atoms with Crippen molar-refractivity contribution in [2.24, 2.45) is 28.6 Å². The molecular formula is C20H25IO2. The van der Waals surface area contributed by atoms with Crippen molar-refractivity contribution in [3.05, 3.63) is 23.3 Å². The molecule has 0 aliphatic heterocycles.